The van der Waals surface area contributed by atoms with Crippen molar-refractivity contribution >= 4 is 5.97 Å². The van der Waals surface area contributed by atoms with Gasteiger partial charge in [-0.15, -0.1) is 13.2 Å². The maximum Gasteiger partial charge on any atom is 0.338 e. The van der Waals surface area contributed by atoms with Crippen LogP contribution in [0.5, 0.6) is 0 Å². The van der Waals surface area contributed by atoms with Crippen molar-refractivity contribution in [1.29, 1.82) is 0 Å². The first-order valence-corrected chi connectivity index (χ1v) is 9.59. The zero-order valence-corrected chi connectivity index (χ0v) is 15.9. The van der Waals surface area contributed by atoms with Crippen molar-refractivity contribution < 1.29 is 19.4 Å². The second-order valence-electron chi connectivity index (χ2n) is 8.27. The van der Waals surface area contributed by atoms with E-state index in [9.17, 15) is 9.90 Å². The zero-order chi connectivity index (χ0) is 18.6. The molecule has 2 rings (SSSR count). The summed E-state index contributed by atoms with van der Waals surface area (Å²) in [5.41, 5.74) is -1.01. The molecule has 2 aliphatic rings. The number of carbonyl (C=O) groups excluding carboxylic acids is 1. The molecule has 0 amide bonds. The molecule has 4 nitrogen and oxygen atoms in total. The molecular weight excluding hydrogens is 316 g/mol. The molecule has 0 aromatic heterocycles. The summed E-state index contributed by atoms with van der Waals surface area (Å²) in [6, 6.07) is 0. The Balaban J connectivity index is 1.93. The van der Waals surface area contributed by atoms with Gasteiger partial charge in [-0.05, 0) is 70.1 Å². The van der Waals surface area contributed by atoms with Crippen LogP contribution >= 0.6 is 0 Å². The van der Waals surface area contributed by atoms with Gasteiger partial charge in [-0.1, -0.05) is 19.1 Å². The van der Waals surface area contributed by atoms with Gasteiger partial charge in [0, 0.05) is 0 Å². The molecule has 0 bridgehead atoms. The minimum Gasteiger partial charge on any atom is -0.457 e. The van der Waals surface area contributed by atoms with Gasteiger partial charge in [0.05, 0.1) is 12.2 Å². The van der Waals surface area contributed by atoms with Gasteiger partial charge in [0.25, 0.3) is 0 Å². The molecule has 2 fully saturated rings. The standard InChI is InChI=1S/C21H34O4/c1-6-15-9-11-18(14(3)12-15)25-21(4,5)20(23)24-19-13-16(7-2)8-10-17(19)22/h6-7,14-19,22H,1-2,8-13H2,3-5H3. The summed E-state index contributed by atoms with van der Waals surface area (Å²) in [4.78, 5) is 12.7. The summed E-state index contributed by atoms with van der Waals surface area (Å²) in [7, 11) is 0. The Morgan fingerprint density at radius 2 is 1.64 bits per heavy atom. The molecule has 4 heteroatoms. The number of aliphatic hydroxyl groups is 1. The van der Waals surface area contributed by atoms with Crippen molar-refractivity contribution in [2.45, 2.75) is 83.2 Å². The first-order valence-electron chi connectivity index (χ1n) is 9.59. The molecule has 0 radical (unpaired) electrons. The molecule has 0 heterocycles. The Bertz CT molecular complexity index is 484. The summed E-state index contributed by atoms with van der Waals surface area (Å²) in [6.45, 7) is 13.4. The van der Waals surface area contributed by atoms with Gasteiger partial charge in [0.2, 0.25) is 0 Å². The predicted molar refractivity (Wildman–Crippen MR) is 99.1 cm³/mol. The predicted octanol–water partition coefficient (Wildman–Crippen LogP) is 4.03. The number of ether oxygens (including phenoxy) is 2. The first-order chi connectivity index (χ1) is 11.8. The van der Waals surface area contributed by atoms with E-state index in [1.165, 1.54) is 0 Å². The average Bonchev–Trinajstić information content (AvgIpc) is 2.58. The second kappa shape index (κ2) is 8.50. The number of allylic oxidation sites excluding steroid dienone is 2. The highest BCUT2D eigenvalue weighted by atomic mass is 16.6. The van der Waals surface area contributed by atoms with Gasteiger partial charge in [0.15, 0.2) is 5.60 Å². The van der Waals surface area contributed by atoms with Crippen LogP contribution in [0.1, 0.15) is 59.3 Å². The van der Waals surface area contributed by atoms with Gasteiger partial charge in [-0.25, -0.2) is 4.79 Å². The molecule has 6 unspecified atom stereocenters. The molecular formula is C21H34O4. The third kappa shape index (κ3) is 5.18. The van der Waals surface area contributed by atoms with Crippen LogP contribution in [0.15, 0.2) is 25.3 Å². The van der Waals surface area contributed by atoms with Crippen molar-refractivity contribution in [3.8, 4) is 0 Å². The van der Waals surface area contributed by atoms with Crippen LogP contribution in [0.25, 0.3) is 0 Å². The molecule has 0 aromatic rings. The second-order valence-corrected chi connectivity index (χ2v) is 8.27. The van der Waals surface area contributed by atoms with Crippen molar-refractivity contribution in [3.63, 3.8) is 0 Å². The van der Waals surface area contributed by atoms with Gasteiger partial charge >= 0.3 is 5.97 Å². The van der Waals surface area contributed by atoms with Crippen LogP contribution in [0.4, 0.5) is 0 Å². The van der Waals surface area contributed by atoms with E-state index < -0.39 is 17.8 Å². The zero-order valence-electron chi connectivity index (χ0n) is 15.9. The van der Waals surface area contributed by atoms with E-state index in [-0.39, 0.29) is 12.1 Å². The average molecular weight is 350 g/mol. The van der Waals surface area contributed by atoms with Crippen LogP contribution in [-0.4, -0.2) is 35.0 Å². The Morgan fingerprint density at radius 3 is 2.24 bits per heavy atom. The molecule has 25 heavy (non-hydrogen) atoms. The number of rotatable bonds is 6. The molecule has 0 saturated heterocycles. The Labute approximate surface area is 152 Å². The number of esters is 1. The fourth-order valence-electron chi connectivity index (χ4n) is 3.99. The summed E-state index contributed by atoms with van der Waals surface area (Å²) >= 11 is 0. The fraction of sp³-hybridized carbons (Fsp3) is 0.762. The SMILES string of the molecule is C=CC1CCC(OC(C)(C)C(=O)OC2CC(C=C)CCC2O)C(C)C1. The van der Waals surface area contributed by atoms with Crippen molar-refractivity contribution in [1.82, 2.24) is 0 Å². The molecule has 0 aromatic carbocycles. The van der Waals surface area contributed by atoms with Gasteiger partial charge in [-0.3, -0.25) is 0 Å². The third-order valence-corrected chi connectivity index (χ3v) is 5.79. The Morgan fingerprint density at radius 1 is 1.04 bits per heavy atom. The van der Waals surface area contributed by atoms with Crippen LogP contribution < -0.4 is 0 Å². The summed E-state index contributed by atoms with van der Waals surface area (Å²) in [6.07, 6.45) is 8.07. The normalized spacial score (nSPS) is 36.5. The maximum absolute atomic E-state index is 12.7. The van der Waals surface area contributed by atoms with Gasteiger partial charge in [-0.2, -0.15) is 0 Å². The third-order valence-electron chi connectivity index (χ3n) is 5.79. The molecule has 6 atom stereocenters. The van der Waals surface area contributed by atoms with Gasteiger partial charge in [0.1, 0.15) is 6.10 Å². The first kappa shape index (κ1) is 20.2. The van der Waals surface area contributed by atoms with E-state index in [0.29, 0.717) is 30.6 Å². The lowest BCUT2D eigenvalue weighted by molar-refractivity contribution is -0.193. The van der Waals surface area contributed by atoms with Crippen LogP contribution in [0, 0.1) is 17.8 Å². The van der Waals surface area contributed by atoms with E-state index in [2.05, 4.69) is 20.1 Å². The Hall–Kier alpha value is -1.13. The summed E-state index contributed by atoms with van der Waals surface area (Å²) in [5, 5.41) is 10.2. The molecule has 0 aliphatic heterocycles. The number of hydrogen-bond donors (Lipinski definition) is 1. The van der Waals surface area contributed by atoms with E-state index in [1.54, 1.807) is 13.8 Å². The molecule has 0 spiro atoms. The fourth-order valence-corrected chi connectivity index (χ4v) is 3.99. The van der Waals surface area contributed by atoms with Crippen molar-refractivity contribution in [3.05, 3.63) is 25.3 Å². The highest BCUT2D eigenvalue weighted by Crippen LogP contribution is 2.35. The number of hydrogen-bond acceptors (Lipinski definition) is 4. The van der Waals surface area contributed by atoms with Crippen molar-refractivity contribution in [2.75, 3.05) is 0 Å². The molecule has 2 saturated carbocycles. The van der Waals surface area contributed by atoms with E-state index in [4.69, 9.17) is 9.47 Å². The highest BCUT2D eigenvalue weighted by Gasteiger charge is 2.40. The molecule has 142 valence electrons. The number of aliphatic hydroxyl groups excluding tert-OH is 1. The van der Waals surface area contributed by atoms with E-state index in [0.717, 1.165) is 25.7 Å². The lowest BCUT2D eigenvalue weighted by Crippen LogP contribution is -2.47. The lowest BCUT2D eigenvalue weighted by Gasteiger charge is -2.38. The summed E-state index contributed by atoms with van der Waals surface area (Å²) in [5.74, 6) is 0.825. The van der Waals surface area contributed by atoms with Crippen LogP contribution in [0.3, 0.4) is 0 Å². The maximum atomic E-state index is 12.7. The minimum atomic E-state index is -1.01. The minimum absolute atomic E-state index is 0.0518. The topological polar surface area (TPSA) is 55.8 Å². The van der Waals surface area contributed by atoms with E-state index >= 15 is 0 Å². The molecule has 2 aliphatic carbocycles. The van der Waals surface area contributed by atoms with Crippen LogP contribution in [0.2, 0.25) is 0 Å². The summed E-state index contributed by atoms with van der Waals surface area (Å²) < 4.78 is 11.8. The van der Waals surface area contributed by atoms with Crippen molar-refractivity contribution in [2.24, 2.45) is 17.8 Å². The van der Waals surface area contributed by atoms with E-state index in [1.807, 2.05) is 12.2 Å². The quantitative estimate of drug-likeness (QED) is 0.580. The van der Waals surface area contributed by atoms with Crippen LogP contribution in [-0.2, 0) is 14.3 Å². The molecule has 1 N–H and O–H groups in total. The number of carbonyl (C=O) groups is 1. The lowest BCUT2D eigenvalue weighted by atomic mass is 9.80. The monoisotopic (exact) mass is 350 g/mol. The Kier molecular flexibility index (Phi) is 6.86. The smallest absolute Gasteiger partial charge is 0.338 e. The largest absolute Gasteiger partial charge is 0.457 e. The van der Waals surface area contributed by atoms with Gasteiger partial charge < -0.3 is 14.6 Å². The highest BCUT2D eigenvalue weighted by molar-refractivity contribution is 5.78.